The molecule has 0 bridgehead atoms. The maximum Gasteiger partial charge on any atom is 0.361 e. The minimum atomic E-state index is -0.478. The van der Waals surface area contributed by atoms with Crippen molar-refractivity contribution in [1.82, 2.24) is 20.7 Å². The Morgan fingerprint density at radius 3 is 2.86 bits per heavy atom. The highest BCUT2D eigenvalue weighted by molar-refractivity contribution is 5.93. The molecule has 1 atom stereocenters. The molecule has 0 radical (unpaired) electrons. The van der Waals surface area contributed by atoms with Crippen LogP contribution < -0.4 is 5.32 Å². The van der Waals surface area contributed by atoms with Gasteiger partial charge in [-0.1, -0.05) is 24.3 Å². The number of aromatic amines is 1. The number of nitrogens with zero attached hydrogens (tertiary/aromatic N) is 2. The topological polar surface area (TPSA) is 89.1 Å². The Hall–Kier alpha value is -2.25. The largest absolute Gasteiger partial charge is 0.461 e. The highest BCUT2D eigenvalue weighted by Gasteiger charge is 2.20. The summed E-state index contributed by atoms with van der Waals surface area (Å²) in [4.78, 5) is 11.8. The van der Waals surface area contributed by atoms with Crippen molar-refractivity contribution in [3.8, 4) is 11.3 Å². The molecule has 21 heavy (non-hydrogen) atoms. The number of hydrogen-bond acceptors (Lipinski definition) is 6. The van der Waals surface area contributed by atoms with Gasteiger partial charge < -0.3 is 9.47 Å². The molecule has 1 fully saturated rings. The molecule has 7 nitrogen and oxygen atoms in total. The first-order chi connectivity index (χ1) is 10.3. The summed E-state index contributed by atoms with van der Waals surface area (Å²) in [6.45, 7) is 3.43. The van der Waals surface area contributed by atoms with E-state index in [0.717, 1.165) is 17.7 Å². The zero-order valence-electron chi connectivity index (χ0n) is 11.6. The predicted molar refractivity (Wildman–Crippen MR) is 74.5 cm³/mol. The van der Waals surface area contributed by atoms with E-state index in [1.165, 1.54) is 0 Å². The summed E-state index contributed by atoms with van der Waals surface area (Å²) in [7, 11) is 0. The Morgan fingerprint density at radius 2 is 2.19 bits per heavy atom. The van der Waals surface area contributed by atoms with Gasteiger partial charge in [0.2, 0.25) is 0 Å². The zero-order chi connectivity index (χ0) is 14.7. The van der Waals surface area contributed by atoms with Crippen LogP contribution in [0.1, 0.15) is 29.1 Å². The van der Waals surface area contributed by atoms with Gasteiger partial charge in [0.05, 0.1) is 19.4 Å². The maximum absolute atomic E-state index is 11.8. The Morgan fingerprint density at radius 1 is 1.38 bits per heavy atom. The average molecular weight is 288 g/mol. The molecule has 0 spiro atoms. The highest BCUT2D eigenvalue weighted by Crippen LogP contribution is 2.25. The molecule has 110 valence electrons. The Kier molecular flexibility index (Phi) is 3.94. The number of carbonyl (C=O) groups is 1. The van der Waals surface area contributed by atoms with Crippen molar-refractivity contribution >= 4 is 5.97 Å². The molecule has 1 aromatic carbocycles. The van der Waals surface area contributed by atoms with Gasteiger partial charge in [0.1, 0.15) is 5.69 Å². The van der Waals surface area contributed by atoms with Gasteiger partial charge in [0.25, 0.3) is 0 Å². The minimum absolute atomic E-state index is 0.0703. The highest BCUT2D eigenvalue weighted by atomic mass is 16.5. The standard InChI is InChI=1S/C14H16N4O3/c1-2-20-14(19)13-12(16-18-17-13)10-5-3-9(4-6-10)11-7-15-8-21-11/h3-6,11,15H,2,7-8H2,1H3,(H,16,17,18). The van der Waals surface area contributed by atoms with E-state index in [9.17, 15) is 4.79 Å². The number of carbonyl (C=O) groups excluding carboxylic acids is 1. The number of esters is 1. The number of ether oxygens (including phenoxy) is 2. The van der Waals surface area contributed by atoms with Gasteiger partial charge in [-0.05, 0) is 12.5 Å². The van der Waals surface area contributed by atoms with E-state index in [-0.39, 0.29) is 11.8 Å². The number of rotatable bonds is 4. The summed E-state index contributed by atoms with van der Waals surface area (Å²) in [5.41, 5.74) is 2.58. The summed E-state index contributed by atoms with van der Waals surface area (Å²) >= 11 is 0. The Balaban J connectivity index is 1.84. The molecule has 7 heteroatoms. The van der Waals surface area contributed by atoms with Crippen LogP contribution in [0, 0.1) is 0 Å². The second kappa shape index (κ2) is 6.02. The first-order valence-electron chi connectivity index (χ1n) is 6.80. The van der Waals surface area contributed by atoms with Gasteiger partial charge in [0, 0.05) is 12.1 Å². The summed E-state index contributed by atoms with van der Waals surface area (Å²) in [6, 6.07) is 7.74. The third kappa shape index (κ3) is 2.79. The Bertz CT molecular complexity index is 617. The van der Waals surface area contributed by atoms with Crippen molar-refractivity contribution in [2.24, 2.45) is 0 Å². The van der Waals surface area contributed by atoms with Crippen LogP contribution in [-0.2, 0) is 9.47 Å². The smallest absolute Gasteiger partial charge is 0.361 e. The molecule has 1 unspecified atom stereocenters. The number of H-pyrrole nitrogens is 1. The molecule has 1 aliphatic heterocycles. The molecule has 0 aliphatic carbocycles. The van der Waals surface area contributed by atoms with Crippen molar-refractivity contribution in [2.45, 2.75) is 13.0 Å². The fourth-order valence-electron chi connectivity index (χ4n) is 2.25. The van der Waals surface area contributed by atoms with Crippen LogP contribution in [0.4, 0.5) is 0 Å². The molecule has 0 saturated carbocycles. The molecule has 1 aliphatic rings. The van der Waals surface area contributed by atoms with Crippen molar-refractivity contribution < 1.29 is 14.3 Å². The van der Waals surface area contributed by atoms with E-state index < -0.39 is 5.97 Å². The first-order valence-corrected chi connectivity index (χ1v) is 6.80. The quantitative estimate of drug-likeness (QED) is 0.823. The van der Waals surface area contributed by atoms with E-state index in [0.29, 0.717) is 19.0 Å². The van der Waals surface area contributed by atoms with E-state index in [2.05, 4.69) is 20.7 Å². The van der Waals surface area contributed by atoms with Crippen molar-refractivity contribution in [3.05, 3.63) is 35.5 Å². The van der Waals surface area contributed by atoms with Gasteiger partial charge in [-0.3, -0.25) is 5.32 Å². The second-order valence-electron chi connectivity index (χ2n) is 4.62. The molecule has 2 heterocycles. The summed E-state index contributed by atoms with van der Waals surface area (Å²) in [5, 5.41) is 13.5. The third-order valence-electron chi connectivity index (χ3n) is 3.29. The molecule has 3 rings (SSSR count). The van der Waals surface area contributed by atoms with Crippen LogP contribution in [0.15, 0.2) is 24.3 Å². The second-order valence-corrected chi connectivity index (χ2v) is 4.62. The number of nitrogens with one attached hydrogen (secondary N) is 2. The van der Waals surface area contributed by atoms with Crippen LogP contribution >= 0.6 is 0 Å². The van der Waals surface area contributed by atoms with Gasteiger partial charge in [-0.15, -0.1) is 5.10 Å². The first kappa shape index (κ1) is 13.7. The molecular weight excluding hydrogens is 272 g/mol. The van der Waals surface area contributed by atoms with E-state index >= 15 is 0 Å². The van der Waals surface area contributed by atoms with Gasteiger partial charge >= 0.3 is 5.97 Å². The molecular formula is C14H16N4O3. The number of hydrogen-bond donors (Lipinski definition) is 2. The van der Waals surface area contributed by atoms with Gasteiger partial charge in [0.15, 0.2) is 5.69 Å². The lowest BCUT2D eigenvalue weighted by atomic mass is 10.0. The fourth-order valence-corrected chi connectivity index (χ4v) is 2.25. The predicted octanol–water partition coefficient (Wildman–Crippen LogP) is 1.27. The van der Waals surface area contributed by atoms with Crippen molar-refractivity contribution in [1.29, 1.82) is 0 Å². The number of benzene rings is 1. The van der Waals surface area contributed by atoms with Crippen LogP contribution in [0.3, 0.4) is 0 Å². The maximum atomic E-state index is 11.8. The van der Waals surface area contributed by atoms with Gasteiger partial charge in [-0.2, -0.15) is 10.3 Å². The molecule has 2 aromatic rings. The Labute approximate surface area is 121 Å². The normalized spacial score (nSPS) is 17.9. The lowest BCUT2D eigenvalue weighted by Crippen LogP contribution is -2.08. The molecule has 0 amide bonds. The summed E-state index contributed by atoms with van der Waals surface area (Å²) in [6.07, 6.45) is 0.0703. The monoisotopic (exact) mass is 288 g/mol. The average Bonchev–Trinajstić information content (AvgIpc) is 3.19. The van der Waals surface area contributed by atoms with Crippen LogP contribution in [0.25, 0.3) is 11.3 Å². The van der Waals surface area contributed by atoms with E-state index in [1.807, 2.05) is 24.3 Å². The number of aromatic nitrogens is 3. The van der Waals surface area contributed by atoms with Crippen LogP contribution in [0.2, 0.25) is 0 Å². The van der Waals surface area contributed by atoms with Crippen molar-refractivity contribution in [2.75, 3.05) is 19.9 Å². The lowest BCUT2D eigenvalue weighted by molar-refractivity contribution is 0.0520. The van der Waals surface area contributed by atoms with Crippen LogP contribution in [0.5, 0.6) is 0 Å². The SMILES string of the molecule is CCOC(=O)c1n[nH]nc1-c1ccc(C2CNCO2)cc1. The summed E-state index contributed by atoms with van der Waals surface area (Å²) < 4.78 is 10.5. The molecule has 1 aromatic heterocycles. The van der Waals surface area contributed by atoms with Crippen LogP contribution in [-0.4, -0.2) is 41.3 Å². The minimum Gasteiger partial charge on any atom is -0.461 e. The molecule has 1 saturated heterocycles. The lowest BCUT2D eigenvalue weighted by Gasteiger charge is -2.09. The van der Waals surface area contributed by atoms with E-state index in [4.69, 9.17) is 9.47 Å². The summed E-state index contributed by atoms with van der Waals surface area (Å²) in [5.74, 6) is -0.478. The third-order valence-corrected chi connectivity index (χ3v) is 3.29. The van der Waals surface area contributed by atoms with Gasteiger partial charge in [-0.25, -0.2) is 4.79 Å². The fraction of sp³-hybridized carbons (Fsp3) is 0.357. The van der Waals surface area contributed by atoms with E-state index in [1.54, 1.807) is 6.92 Å². The molecule has 2 N–H and O–H groups in total. The van der Waals surface area contributed by atoms with Crippen molar-refractivity contribution in [3.63, 3.8) is 0 Å². The zero-order valence-corrected chi connectivity index (χ0v) is 11.6.